The number of nitrogens with zero attached hydrogens (tertiary/aromatic N) is 1. The number of rotatable bonds is 8. The van der Waals surface area contributed by atoms with Crippen molar-refractivity contribution in [2.24, 2.45) is 0 Å². The maximum absolute atomic E-state index is 12.4. The van der Waals surface area contributed by atoms with E-state index in [2.05, 4.69) is 27.8 Å². The van der Waals surface area contributed by atoms with E-state index in [4.69, 9.17) is 14.6 Å². The number of carbonyl (C=O) groups excluding carboxylic acids is 2. The second-order valence-electron chi connectivity index (χ2n) is 6.52. The molecule has 0 spiro atoms. The first-order valence-electron chi connectivity index (χ1n) is 9.12. The van der Waals surface area contributed by atoms with Crippen molar-refractivity contribution in [3.05, 3.63) is 75.9 Å². The van der Waals surface area contributed by atoms with Crippen molar-refractivity contribution in [3.63, 3.8) is 0 Å². The maximum atomic E-state index is 12.4. The average Bonchev–Trinajstić information content (AvgIpc) is 3.00. The quantitative estimate of drug-likeness (QED) is 0.333. The van der Waals surface area contributed by atoms with Crippen LogP contribution in [0.1, 0.15) is 21.5 Å². The number of carboxylic acids is 1. The topological polar surface area (TPSA) is 105 Å². The molecule has 0 saturated carbocycles. The summed E-state index contributed by atoms with van der Waals surface area (Å²) in [7, 11) is 1.48. The summed E-state index contributed by atoms with van der Waals surface area (Å²) in [5.41, 5.74) is 1.59. The molecule has 9 heteroatoms. The van der Waals surface area contributed by atoms with E-state index in [0.29, 0.717) is 27.1 Å². The number of hydrogen-bond donors (Lipinski definition) is 2. The lowest BCUT2D eigenvalue weighted by atomic mass is 10.1. The molecule has 0 unspecified atom stereocenters. The highest BCUT2D eigenvalue weighted by molar-refractivity contribution is 9.10. The minimum absolute atomic E-state index is 0.116. The Labute approximate surface area is 186 Å². The minimum Gasteiger partial charge on any atom is -0.493 e. The summed E-state index contributed by atoms with van der Waals surface area (Å²) in [6.45, 7) is 3.78. The molecule has 8 nitrogen and oxygen atoms in total. The Morgan fingerprint density at radius 2 is 2.06 bits per heavy atom. The normalized spacial score (nSPS) is 14.5. The first-order valence-corrected chi connectivity index (χ1v) is 9.91. The summed E-state index contributed by atoms with van der Waals surface area (Å²) in [5.74, 6) is -0.646. The summed E-state index contributed by atoms with van der Waals surface area (Å²) in [6, 6.07) is 9.31. The molecule has 1 saturated heterocycles. The molecule has 0 aliphatic carbocycles. The number of amides is 3. The third kappa shape index (κ3) is 4.95. The van der Waals surface area contributed by atoms with Crippen molar-refractivity contribution in [3.8, 4) is 11.5 Å². The number of aromatic carboxylic acids is 1. The highest BCUT2D eigenvalue weighted by Gasteiger charge is 2.32. The Bertz CT molecular complexity index is 1100. The number of ether oxygens (including phenoxy) is 2. The van der Waals surface area contributed by atoms with E-state index in [9.17, 15) is 14.4 Å². The van der Waals surface area contributed by atoms with Crippen LogP contribution < -0.4 is 14.8 Å². The molecule has 1 heterocycles. The molecule has 2 N–H and O–H groups in total. The predicted octanol–water partition coefficient (Wildman–Crippen LogP) is 3.81. The Morgan fingerprint density at radius 1 is 1.29 bits per heavy atom. The van der Waals surface area contributed by atoms with Crippen LogP contribution in [-0.2, 0) is 11.4 Å². The number of hydrogen-bond acceptors (Lipinski definition) is 5. The summed E-state index contributed by atoms with van der Waals surface area (Å²) in [4.78, 5) is 36.5. The van der Waals surface area contributed by atoms with Crippen molar-refractivity contribution in [2.45, 2.75) is 6.61 Å². The zero-order chi connectivity index (χ0) is 22.5. The Morgan fingerprint density at radius 3 is 2.74 bits per heavy atom. The van der Waals surface area contributed by atoms with Gasteiger partial charge in [0.05, 0.1) is 17.1 Å². The number of urea groups is 1. The van der Waals surface area contributed by atoms with Crippen molar-refractivity contribution in [2.75, 3.05) is 13.7 Å². The van der Waals surface area contributed by atoms with Crippen LogP contribution in [0.2, 0.25) is 0 Å². The Hall–Kier alpha value is -3.59. The van der Waals surface area contributed by atoms with Crippen molar-refractivity contribution >= 4 is 39.9 Å². The van der Waals surface area contributed by atoms with Crippen LogP contribution in [0.5, 0.6) is 11.5 Å². The van der Waals surface area contributed by atoms with Gasteiger partial charge in [0.1, 0.15) is 12.3 Å². The van der Waals surface area contributed by atoms with E-state index in [-0.39, 0.29) is 24.4 Å². The molecule has 2 aromatic carbocycles. The summed E-state index contributed by atoms with van der Waals surface area (Å²) in [6.07, 6.45) is 3.01. The van der Waals surface area contributed by atoms with Gasteiger partial charge in [-0.1, -0.05) is 18.2 Å². The molecule has 0 bridgehead atoms. The lowest BCUT2D eigenvalue weighted by molar-refractivity contribution is -0.122. The predicted molar refractivity (Wildman–Crippen MR) is 117 cm³/mol. The molecule has 3 amide bonds. The fourth-order valence-electron chi connectivity index (χ4n) is 2.95. The number of benzene rings is 2. The standard InChI is InChI=1S/C22H19BrN2O6/c1-3-7-25-20(26)17(24-22(25)29)10-14-9-16(23)19(18(11-14)30-2)31-12-13-5-4-6-15(8-13)21(27)28/h3-6,8-11H,1,7,12H2,2H3,(H,24,29)(H,27,28)/b17-10+. The zero-order valence-electron chi connectivity index (χ0n) is 16.6. The molecule has 1 aliphatic heterocycles. The molecule has 3 rings (SSSR count). The van der Waals surface area contributed by atoms with Crippen molar-refractivity contribution in [1.82, 2.24) is 10.2 Å². The molecule has 160 valence electrons. The molecule has 0 radical (unpaired) electrons. The van der Waals surface area contributed by atoms with Crippen LogP contribution in [0, 0.1) is 0 Å². The van der Waals surface area contributed by atoms with Crippen LogP contribution in [0.25, 0.3) is 6.08 Å². The van der Waals surface area contributed by atoms with E-state index >= 15 is 0 Å². The minimum atomic E-state index is -1.02. The fourth-order valence-corrected chi connectivity index (χ4v) is 3.52. The van der Waals surface area contributed by atoms with Gasteiger partial charge in [0, 0.05) is 6.54 Å². The Kier molecular flexibility index (Phi) is 6.76. The van der Waals surface area contributed by atoms with E-state index in [1.165, 1.54) is 31.4 Å². The Balaban J connectivity index is 1.83. The summed E-state index contributed by atoms with van der Waals surface area (Å²) in [5, 5.41) is 11.7. The van der Waals surface area contributed by atoms with Gasteiger partial charge in [-0.05, 0) is 57.4 Å². The average molecular weight is 487 g/mol. The molecule has 1 fully saturated rings. The van der Waals surface area contributed by atoms with E-state index in [1.807, 2.05) is 0 Å². The lowest BCUT2D eigenvalue weighted by Gasteiger charge is -2.14. The molecular formula is C22H19BrN2O6. The molecule has 0 atom stereocenters. The molecule has 0 aromatic heterocycles. The molecular weight excluding hydrogens is 468 g/mol. The number of halogens is 1. The smallest absolute Gasteiger partial charge is 0.335 e. The molecule has 2 aromatic rings. The molecule has 1 aliphatic rings. The van der Waals surface area contributed by atoms with Gasteiger partial charge in [0.25, 0.3) is 5.91 Å². The van der Waals surface area contributed by atoms with E-state index in [1.54, 1.807) is 24.3 Å². The third-order valence-corrected chi connectivity index (χ3v) is 4.98. The van der Waals surface area contributed by atoms with Gasteiger partial charge >= 0.3 is 12.0 Å². The molecule has 31 heavy (non-hydrogen) atoms. The second-order valence-corrected chi connectivity index (χ2v) is 7.38. The number of carbonyl (C=O) groups is 3. The van der Waals surface area contributed by atoms with Crippen molar-refractivity contribution < 1.29 is 29.0 Å². The largest absolute Gasteiger partial charge is 0.493 e. The second kappa shape index (κ2) is 9.48. The monoisotopic (exact) mass is 486 g/mol. The zero-order valence-corrected chi connectivity index (χ0v) is 18.1. The third-order valence-electron chi connectivity index (χ3n) is 4.39. The highest BCUT2D eigenvalue weighted by Crippen LogP contribution is 2.38. The lowest BCUT2D eigenvalue weighted by Crippen LogP contribution is -2.30. The van der Waals surface area contributed by atoms with Gasteiger partial charge in [-0.25, -0.2) is 9.59 Å². The van der Waals surface area contributed by atoms with Crippen LogP contribution >= 0.6 is 15.9 Å². The van der Waals surface area contributed by atoms with E-state index < -0.39 is 17.9 Å². The van der Waals surface area contributed by atoms with Gasteiger partial charge < -0.3 is 19.9 Å². The van der Waals surface area contributed by atoms with Crippen LogP contribution in [-0.4, -0.2) is 41.6 Å². The van der Waals surface area contributed by atoms with Crippen LogP contribution in [0.4, 0.5) is 4.79 Å². The number of imide groups is 1. The van der Waals surface area contributed by atoms with Gasteiger partial charge in [0.2, 0.25) is 0 Å². The summed E-state index contributed by atoms with van der Waals surface area (Å²) >= 11 is 3.44. The fraction of sp³-hybridized carbons (Fsp3) is 0.136. The highest BCUT2D eigenvalue weighted by atomic mass is 79.9. The first kappa shape index (κ1) is 22.1. The van der Waals surface area contributed by atoms with Gasteiger partial charge in [-0.2, -0.15) is 0 Å². The van der Waals surface area contributed by atoms with Crippen molar-refractivity contribution in [1.29, 1.82) is 0 Å². The van der Waals surface area contributed by atoms with Crippen LogP contribution in [0.3, 0.4) is 0 Å². The van der Waals surface area contributed by atoms with Crippen LogP contribution in [0.15, 0.2) is 59.2 Å². The van der Waals surface area contributed by atoms with Gasteiger partial charge in [-0.3, -0.25) is 9.69 Å². The number of methoxy groups -OCH3 is 1. The first-order chi connectivity index (χ1) is 14.8. The number of carboxylic acid groups (broad SMARTS) is 1. The maximum Gasteiger partial charge on any atom is 0.335 e. The SMILES string of the molecule is C=CCN1C(=O)N/C(=C/c2cc(Br)c(OCc3cccc(C(=O)O)c3)c(OC)c2)C1=O. The summed E-state index contributed by atoms with van der Waals surface area (Å²) < 4.78 is 11.8. The number of nitrogens with one attached hydrogen (secondary N) is 1. The van der Waals surface area contributed by atoms with Gasteiger partial charge in [-0.15, -0.1) is 6.58 Å². The van der Waals surface area contributed by atoms with Gasteiger partial charge in [0.15, 0.2) is 11.5 Å². The van der Waals surface area contributed by atoms with E-state index in [0.717, 1.165) is 4.90 Å².